The topological polar surface area (TPSA) is 56.3 Å². The van der Waals surface area contributed by atoms with Crippen molar-refractivity contribution in [2.45, 2.75) is 13.3 Å². The first-order valence-corrected chi connectivity index (χ1v) is 4.70. The van der Waals surface area contributed by atoms with Crippen molar-refractivity contribution in [1.82, 2.24) is 0 Å². The summed E-state index contributed by atoms with van der Waals surface area (Å²) in [6.07, 6.45) is 2.53. The second kappa shape index (κ2) is 4.81. The SMILES string of the molecule is CCC(=Cc1ccc([N+](=O)[O-])o1)CCl. The third-order valence-electron chi connectivity index (χ3n) is 1.76. The lowest BCUT2D eigenvalue weighted by molar-refractivity contribution is -0.402. The highest BCUT2D eigenvalue weighted by atomic mass is 35.5. The van der Waals surface area contributed by atoms with Crippen molar-refractivity contribution in [3.05, 3.63) is 33.6 Å². The fourth-order valence-corrected chi connectivity index (χ4v) is 1.22. The van der Waals surface area contributed by atoms with Crippen molar-refractivity contribution in [2.24, 2.45) is 0 Å². The summed E-state index contributed by atoms with van der Waals surface area (Å²) in [6.45, 7) is 1.96. The molecule has 0 radical (unpaired) electrons. The quantitative estimate of drug-likeness (QED) is 0.440. The van der Waals surface area contributed by atoms with Gasteiger partial charge < -0.3 is 4.42 Å². The van der Waals surface area contributed by atoms with Crippen LogP contribution in [0.1, 0.15) is 19.1 Å². The lowest BCUT2D eigenvalue weighted by atomic mass is 10.2. The summed E-state index contributed by atoms with van der Waals surface area (Å²) >= 11 is 5.64. The number of alkyl halides is 1. The molecule has 0 spiro atoms. The summed E-state index contributed by atoms with van der Waals surface area (Å²) in [6, 6.07) is 2.88. The number of furan rings is 1. The Morgan fingerprint density at radius 2 is 2.43 bits per heavy atom. The Morgan fingerprint density at radius 3 is 2.86 bits per heavy atom. The molecule has 0 atom stereocenters. The number of rotatable bonds is 4. The van der Waals surface area contributed by atoms with E-state index >= 15 is 0 Å². The molecular weight excluding hydrogens is 206 g/mol. The fourth-order valence-electron chi connectivity index (χ4n) is 0.954. The van der Waals surface area contributed by atoms with Crippen molar-refractivity contribution >= 4 is 23.6 Å². The molecule has 0 aromatic carbocycles. The Morgan fingerprint density at radius 1 is 1.71 bits per heavy atom. The van der Waals surface area contributed by atoms with Crippen LogP contribution in [-0.2, 0) is 0 Å². The van der Waals surface area contributed by atoms with Crippen molar-refractivity contribution in [2.75, 3.05) is 5.88 Å². The molecule has 0 bridgehead atoms. The van der Waals surface area contributed by atoms with Gasteiger partial charge in [-0.3, -0.25) is 10.1 Å². The van der Waals surface area contributed by atoms with Crippen molar-refractivity contribution in [3.8, 4) is 0 Å². The van der Waals surface area contributed by atoms with Crippen LogP contribution in [-0.4, -0.2) is 10.8 Å². The molecule has 14 heavy (non-hydrogen) atoms. The molecule has 0 unspecified atom stereocenters. The number of halogens is 1. The highest BCUT2D eigenvalue weighted by Crippen LogP contribution is 2.19. The summed E-state index contributed by atoms with van der Waals surface area (Å²) in [4.78, 5) is 9.74. The zero-order valence-electron chi connectivity index (χ0n) is 7.70. The molecule has 0 fully saturated rings. The van der Waals surface area contributed by atoms with Gasteiger partial charge in [-0.05, 0) is 18.6 Å². The second-order valence-corrected chi connectivity index (χ2v) is 2.99. The zero-order chi connectivity index (χ0) is 10.6. The maximum Gasteiger partial charge on any atom is 0.433 e. The average molecular weight is 216 g/mol. The molecule has 1 heterocycles. The van der Waals surface area contributed by atoms with Gasteiger partial charge in [0.05, 0.1) is 6.07 Å². The lowest BCUT2D eigenvalue weighted by Crippen LogP contribution is -1.83. The number of allylic oxidation sites excluding steroid dienone is 1. The molecule has 0 aliphatic heterocycles. The first-order chi connectivity index (χ1) is 6.67. The maximum atomic E-state index is 10.3. The van der Waals surface area contributed by atoms with Gasteiger partial charge in [-0.1, -0.05) is 12.5 Å². The zero-order valence-corrected chi connectivity index (χ0v) is 8.45. The summed E-state index contributed by atoms with van der Waals surface area (Å²) in [7, 11) is 0. The van der Waals surface area contributed by atoms with E-state index in [2.05, 4.69) is 0 Å². The first-order valence-electron chi connectivity index (χ1n) is 4.17. The van der Waals surface area contributed by atoms with Crippen LogP contribution < -0.4 is 0 Å². The van der Waals surface area contributed by atoms with Crippen LogP contribution in [0, 0.1) is 10.1 Å². The Balaban J connectivity index is 2.87. The van der Waals surface area contributed by atoms with Crippen LogP contribution in [0.2, 0.25) is 0 Å². The standard InChI is InChI=1S/C9H10ClNO3/c1-2-7(6-10)5-8-3-4-9(14-8)11(12)13/h3-5H,2,6H2,1H3. The molecule has 5 heteroatoms. The predicted molar refractivity (Wildman–Crippen MR) is 54.4 cm³/mol. The molecule has 76 valence electrons. The predicted octanol–water partition coefficient (Wildman–Crippen LogP) is 3.22. The van der Waals surface area contributed by atoms with Crippen LogP contribution in [0.25, 0.3) is 6.08 Å². The van der Waals surface area contributed by atoms with E-state index in [0.717, 1.165) is 12.0 Å². The fraction of sp³-hybridized carbons (Fsp3) is 0.333. The van der Waals surface area contributed by atoms with Crippen LogP contribution in [0.4, 0.5) is 5.88 Å². The van der Waals surface area contributed by atoms with Gasteiger partial charge in [0.15, 0.2) is 0 Å². The molecule has 0 N–H and O–H groups in total. The van der Waals surface area contributed by atoms with Crippen LogP contribution >= 0.6 is 11.6 Å². The minimum absolute atomic E-state index is 0.249. The van der Waals surface area contributed by atoms with E-state index in [4.69, 9.17) is 16.0 Å². The minimum atomic E-state index is -0.566. The molecule has 1 aromatic rings. The normalized spacial score (nSPS) is 11.7. The largest absolute Gasteiger partial charge is 0.433 e. The minimum Gasteiger partial charge on any atom is -0.401 e. The van der Waals surface area contributed by atoms with Gasteiger partial charge in [-0.15, -0.1) is 11.6 Å². The Kier molecular flexibility index (Phi) is 3.71. The lowest BCUT2D eigenvalue weighted by Gasteiger charge is -1.95. The van der Waals surface area contributed by atoms with E-state index in [0.29, 0.717) is 11.6 Å². The monoisotopic (exact) mass is 215 g/mol. The molecule has 1 rings (SSSR count). The highest BCUT2D eigenvalue weighted by Gasteiger charge is 2.10. The van der Waals surface area contributed by atoms with E-state index in [1.165, 1.54) is 6.07 Å². The Bertz CT molecular complexity index is 351. The molecule has 0 amide bonds. The van der Waals surface area contributed by atoms with Crippen LogP contribution in [0.5, 0.6) is 0 Å². The number of nitrogens with zero attached hydrogens (tertiary/aromatic N) is 1. The van der Waals surface area contributed by atoms with Gasteiger partial charge in [0.1, 0.15) is 10.7 Å². The maximum absolute atomic E-state index is 10.3. The summed E-state index contributed by atoms with van der Waals surface area (Å²) in [5.74, 6) is 0.626. The number of hydrogen-bond donors (Lipinski definition) is 0. The van der Waals surface area contributed by atoms with Crippen molar-refractivity contribution in [3.63, 3.8) is 0 Å². The summed E-state index contributed by atoms with van der Waals surface area (Å²) in [5.41, 5.74) is 0.982. The number of hydrogen-bond acceptors (Lipinski definition) is 3. The van der Waals surface area contributed by atoms with Gasteiger partial charge in [0.2, 0.25) is 0 Å². The van der Waals surface area contributed by atoms with E-state index in [-0.39, 0.29) is 5.88 Å². The molecule has 0 saturated heterocycles. The van der Waals surface area contributed by atoms with E-state index < -0.39 is 4.92 Å². The van der Waals surface area contributed by atoms with Gasteiger partial charge in [-0.25, -0.2) is 0 Å². The summed E-state index contributed by atoms with van der Waals surface area (Å²) in [5, 5.41) is 10.3. The van der Waals surface area contributed by atoms with Gasteiger partial charge in [0, 0.05) is 5.88 Å². The van der Waals surface area contributed by atoms with Crippen LogP contribution in [0.15, 0.2) is 22.1 Å². The van der Waals surface area contributed by atoms with Crippen molar-refractivity contribution in [1.29, 1.82) is 0 Å². The Labute approximate surface area is 86.3 Å². The molecule has 4 nitrogen and oxygen atoms in total. The number of nitro groups is 1. The Hall–Kier alpha value is -1.29. The van der Waals surface area contributed by atoms with Gasteiger partial charge >= 0.3 is 5.88 Å². The summed E-state index contributed by atoms with van der Waals surface area (Å²) < 4.78 is 4.95. The van der Waals surface area contributed by atoms with E-state index in [1.54, 1.807) is 12.1 Å². The van der Waals surface area contributed by atoms with Gasteiger partial charge in [0.25, 0.3) is 0 Å². The van der Waals surface area contributed by atoms with E-state index in [9.17, 15) is 10.1 Å². The smallest absolute Gasteiger partial charge is 0.401 e. The molecule has 0 aliphatic carbocycles. The first kappa shape index (κ1) is 10.8. The molecule has 0 aliphatic rings. The highest BCUT2D eigenvalue weighted by molar-refractivity contribution is 6.19. The third-order valence-corrected chi connectivity index (χ3v) is 2.11. The second-order valence-electron chi connectivity index (χ2n) is 2.72. The third kappa shape index (κ3) is 2.60. The average Bonchev–Trinajstić information content (AvgIpc) is 2.62. The molecule has 1 aromatic heterocycles. The molecule has 0 saturated carbocycles. The van der Waals surface area contributed by atoms with Crippen molar-refractivity contribution < 1.29 is 9.34 Å². The molecular formula is C9H10ClNO3. The van der Waals surface area contributed by atoms with E-state index in [1.807, 2.05) is 6.92 Å². The van der Waals surface area contributed by atoms with Crippen LogP contribution in [0.3, 0.4) is 0 Å². The van der Waals surface area contributed by atoms with Gasteiger partial charge in [-0.2, -0.15) is 0 Å².